The van der Waals surface area contributed by atoms with Gasteiger partial charge in [0.25, 0.3) is 0 Å². The summed E-state index contributed by atoms with van der Waals surface area (Å²) in [5.74, 6) is 0.111. The average Bonchev–Trinajstić information content (AvgIpc) is 2.49. The van der Waals surface area contributed by atoms with E-state index in [0.717, 1.165) is 25.9 Å². The van der Waals surface area contributed by atoms with Gasteiger partial charge in [-0.15, -0.1) is 0 Å². The van der Waals surface area contributed by atoms with E-state index in [9.17, 15) is 4.79 Å². The van der Waals surface area contributed by atoms with E-state index in [1.165, 1.54) is 52.2 Å². The van der Waals surface area contributed by atoms with Crippen molar-refractivity contribution < 1.29 is 4.79 Å². The van der Waals surface area contributed by atoms with Crippen LogP contribution in [0.3, 0.4) is 0 Å². The lowest BCUT2D eigenvalue weighted by molar-refractivity contribution is -0.119. The molecule has 1 N–H and O–H groups in total. The Morgan fingerprint density at radius 2 is 1.48 bits per heavy atom. The largest absolute Gasteiger partial charge is 0.354 e. The minimum Gasteiger partial charge on any atom is -0.354 e. The number of likely N-dealkylation sites (N-methyl/N-ethyl adjacent to an activating group) is 1. The van der Waals surface area contributed by atoms with Gasteiger partial charge in [-0.05, 0) is 38.9 Å². The average molecular weight is 296 g/mol. The molecular weight excluding hydrogens is 264 g/mol. The van der Waals surface area contributed by atoms with Crippen LogP contribution in [0, 0.1) is 0 Å². The van der Waals surface area contributed by atoms with Gasteiger partial charge in [0.2, 0.25) is 5.91 Å². The molecular formula is C16H32N4O. The van der Waals surface area contributed by atoms with E-state index in [1.807, 2.05) is 0 Å². The zero-order valence-corrected chi connectivity index (χ0v) is 13.8. The van der Waals surface area contributed by atoms with E-state index < -0.39 is 0 Å². The van der Waals surface area contributed by atoms with Crippen molar-refractivity contribution >= 4 is 5.91 Å². The summed E-state index contributed by atoms with van der Waals surface area (Å²) in [6.45, 7) is 14.7. The zero-order valence-electron chi connectivity index (χ0n) is 13.8. The van der Waals surface area contributed by atoms with E-state index in [2.05, 4.69) is 26.9 Å². The lowest BCUT2D eigenvalue weighted by atomic mass is 10.0. The molecule has 0 aromatic carbocycles. The van der Waals surface area contributed by atoms with Crippen LogP contribution in [0.25, 0.3) is 0 Å². The van der Waals surface area contributed by atoms with Crippen molar-refractivity contribution in [3.05, 3.63) is 0 Å². The highest BCUT2D eigenvalue weighted by atomic mass is 16.1. The molecule has 0 aromatic rings. The summed E-state index contributed by atoms with van der Waals surface area (Å²) in [7, 11) is 0. The Balaban J connectivity index is 1.53. The minimum atomic E-state index is 0.111. The number of hydrogen-bond acceptors (Lipinski definition) is 4. The van der Waals surface area contributed by atoms with Crippen molar-refractivity contribution in [1.82, 2.24) is 20.0 Å². The van der Waals surface area contributed by atoms with Gasteiger partial charge in [-0.1, -0.05) is 6.92 Å². The maximum atomic E-state index is 11.1. The van der Waals surface area contributed by atoms with Crippen LogP contribution in [0.4, 0.5) is 0 Å². The first-order valence-electron chi connectivity index (χ1n) is 8.61. The Bertz CT molecular complexity index is 307. The maximum Gasteiger partial charge on any atom is 0.217 e. The number of carbonyl (C=O) groups excluding carboxylic acids is 1. The molecule has 0 atom stereocenters. The van der Waals surface area contributed by atoms with Crippen LogP contribution in [0.2, 0.25) is 0 Å². The molecule has 0 unspecified atom stereocenters. The van der Waals surface area contributed by atoms with Gasteiger partial charge in [-0.2, -0.15) is 0 Å². The number of hydrogen-bond donors (Lipinski definition) is 1. The predicted molar refractivity (Wildman–Crippen MR) is 86.4 cm³/mol. The first-order valence-corrected chi connectivity index (χ1v) is 8.61. The van der Waals surface area contributed by atoms with Gasteiger partial charge in [0.15, 0.2) is 0 Å². The lowest BCUT2D eigenvalue weighted by Gasteiger charge is -2.35. The fraction of sp³-hybridized carbons (Fsp3) is 0.938. The topological polar surface area (TPSA) is 38.8 Å². The molecule has 0 aromatic heterocycles. The highest BCUT2D eigenvalue weighted by Crippen LogP contribution is 2.11. The van der Waals surface area contributed by atoms with Crippen LogP contribution in [-0.4, -0.2) is 85.6 Å². The molecule has 0 radical (unpaired) electrons. The van der Waals surface area contributed by atoms with Gasteiger partial charge in [-0.3, -0.25) is 4.79 Å². The summed E-state index contributed by atoms with van der Waals surface area (Å²) in [5.41, 5.74) is 0. The fourth-order valence-corrected chi connectivity index (χ4v) is 3.44. The van der Waals surface area contributed by atoms with Crippen LogP contribution >= 0.6 is 0 Å². The first-order chi connectivity index (χ1) is 10.2. The third kappa shape index (κ3) is 5.93. The molecule has 21 heavy (non-hydrogen) atoms. The van der Waals surface area contributed by atoms with Gasteiger partial charge >= 0.3 is 0 Å². The molecule has 2 rings (SSSR count). The van der Waals surface area contributed by atoms with Gasteiger partial charge in [-0.25, -0.2) is 0 Å². The summed E-state index contributed by atoms with van der Waals surface area (Å²) in [6.07, 6.45) is 3.49. The van der Waals surface area contributed by atoms with E-state index in [0.29, 0.717) is 6.04 Å². The van der Waals surface area contributed by atoms with Gasteiger partial charge in [0.05, 0.1) is 0 Å². The number of likely N-dealkylation sites (tertiary alicyclic amines) is 1. The minimum absolute atomic E-state index is 0.111. The quantitative estimate of drug-likeness (QED) is 0.780. The highest BCUT2D eigenvalue weighted by Gasteiger charge is 2.20. The molecule has 5 heteroatoms. The monoisotopic (exact) mass is 296 g/mol. The smallest absolute Gasteiger partial charge is 0.217 e. The third-order valence-electron chi connectivity index (χ3n) is 4.86. The normalized spacial score (nSPS) is 23.3. The fourth-order valence-electron chi connectivity index (χ4n) is 3.44. The van der Waals surface area contributed by atoms with Crippen molar-refractivity contribution in [3.63, 3.8) is 0 Å². The van der Waals surface area contributed by atoms with Crippen LogP contribution in [0.1, 0.15) is 33.1 Å². The second kappa shape index (κ2) is 8.71. The van der Waals surface area contributed by atoms with E-state index in [-0.39, 0.29) is 5.91 Å². The number of rotatable bonds is 6. The number of carbonyl (C=O) groups is 1. The SMILES string of the molecule is CCN1CCN(CCCN2CCC(NC(C)=O)CC2)CC1. The summed E-state index contributed by atoms with van der Waals surface area (Å²) in [4.78, 5) is 18.7. The molecule has 1 amide bonds. The Kier molecular flexibility index (Phi) is 6.93. The van der Waals surface area contributed by atoms with Crippen LogP contribution in [-0.2, 0) is 4.79 Å². The Labute approximate surface area is 129 Å². The molecule has 0 spiro atoms. The molecule has 0 saturated carbocycles. The number of piperazine rings is 1. The van der Waals surface area contributed by atoms with E-state index in [4.69, 9.17) is 0 Å². The second-order valence-corrected chi connectivity index (χ2v) is 6.45. The van der Waals surface area contributed by atoms with Crippen LogP contribution < -0.4 is 5.32 Å². The molecule has 2 aliphatic rings. The van der Waals surface area contributed by atoms with Gasteiger partial charge in [0, 0.05) is 52.2 Å². The number of piperidine rings is 1. The molecule has 2 heterocycles. The molecule has 2 aliphatic heterocycles. The molecule has 0 bridgehead atoms. The lowest BCUT2D eigenvalue weighted by Crippen LogP contribution is -2.47. The first kappa shape index (κ1) is 16.7. The Morgan fingerprint density at radius 1 is 0.952 bits per heavy atom. The van der Waals surface area contributed by atoms with Crippen molar-refractivity contribution in [3.8, 4) is 0 Å². The summed E-state index contributed by atoms with van der Waals surface area (Å²) in [6, 6.07) is 0.404. The van der Waals surface area contributed by atoms with Crippen LogP contribution in [0.5, 0.6) is 0 Å². The molecule has 122 valence electrons. The van der Waals surface area contributed by atoms with Crippen molar-refractivity contribution in [2.75, 3.05) is 58.9 Å². The predicted octanol–water partition coefficient (Wildman–Crippen LogP) is 0.615. The molecule has 2 fully saturated rings. The van der Waals surface area contributed by atoms with E-state index >= 15 is 0 Å². The zero-order chi connectivity index (χ0) is 15.1. The summed E-state index contributed by atoms with van der Waals surface area (Å²) >= 11 is 0. The number of nitrogens with zero attached hydrogens (tertiary/aromatic N) is 3. The highest BCUT2D eigenvalue weighted by molar-refractivity contribution is 5.73. The van der Waals surface area contributed by atoms with Crippen molar-refractivity contribution in [1.29, 1.82) is 0 Å². The number of amides is 1. The third-order valence-corrected chi connectivity index (χ3v) is 4.86. The Morgan fingerprint density at radius 3 is 2.00 bits per heavy atom. The molecule has 5 nitrogen and oxygen atoms in total. The molecule has 2 saturated heterocycles. The summed E-state index contributed by atoms with van der Waals surface area (Å²) in [5, 5.41) is 3.04. The van der Waals surface area contributed by atoms with E-state index in [1.54, 1.807) is 6.92 Å². The second-order valence-electron chi connectivity index (χ2n) is 6.45. The van der Waals surface area contributed by atoms with Gasteiger partial charge in [0.1, 0.15) is 0 Å². The van der Waals surface area contributed by atoms with Crippen molar-refractivity contribution in [2.45, 2.75) is 39.2 Å². The number of nitrogens with one attached hydrogen (secondary N) is 1. The van der Waals surface area contributed by atoms with Gasteiger partial charge < -0.3 is 20.0 Å². The molecule has 0 aliphatic carbocycles. The standard InChI is InChI=1S/C16H32N4O/c1-3-18-11-13-20(14-12-18)8-4-7-19-9-5-16(6-10-19)17-15(2)21/h16H,3-14H2,1-2H3,(H,17,21). The maximum absolute atomic E-state index is 11.1. The Hall–Kier alpha value is -0.650. The summed E-state index contributed by atoms with van der Waals surface area (Å²) < 4.78 is 0. The van der Waals surface area contributed by atoms with Crippen LogP contribution in [0.15, 0.2) is 0 Å². The van der Waals surface area contributed by atoms with Crippen molar-refractivity contribution in [2.24, 2.45) is 0 Å².